The highest BCUT2D eigenvalue weighted by Gasteiger charge is 2.12. The first kappa shape index (κ1) is 26.0. The lowest BCUT2D eigenvalue weighted by Crippen LogP contribution is -2.29. The summed E-state index contributed by atoms with van der Waals surface area (Å²) in [5.74, 6) is 3.02. The molecule has 0 aromatic carbocycles. The summed E-state index contributed by atoms with van der Waals surface area (Å²) in [6, 6.07) is 0. The largest absolute Gasteiger partial charge is 0.378 e. The number of hydrogen-bond acceptors (Lipinski definition) is 3. The molecule has 0 aromatic heterocycles. The molecule has 0 unspecified atom stereocenters. The normalized spacial score (nSPS) is 21.3. The molecule has 3 nitrogen and oxygen atoms in total. The van der Waals surface area contributed by atoms with Crippen molar-refractivity contribution in [2.45, 2.75) is 128 Å². The molecule has 0 saturated heterocycles. The lowest BCUT2D eigenvalue weighted by Gasteiger charge is -2.19. The number of thioether (sulfide) groups is 1. The van der Waals surface area contributed by atoms with Gasteiger partial charge >= 0.3 is 0 Å². The molecular formula is C26H49NO2S. The molecular weight excluding hydrogens is 390 g/mol. The van der Waals surface area contributed by atoms with Gasteiger partial charge in [0.25, 0.3) is 0 Å². The van der Waals surface area contributed by atoms with Crippen molar-refractivity contribution >= 4 is 17.7 Å². The van der Waals surface area contributed by atoms with Crippen molar-refractivity contribution in [3.63, 3.8) is 0 Å². The van der Waals surface area contributed by atoms with E-state index in [1.54, 1.807) is 0 Å². The highest BCUT2D eigenvalue weighted by Crippen LogP contribution is 2.21. The van der Waals surface area contributed by atoms with Gasteiger partial charge in [0.2, 0.25) is 5.91 Å². The summed E-state index contributed by atoms with van der Waals surface area (Å²) in [6.07, 6.45) is 25.4. The van der Waals surface area contributed by atoms with Crippen LogP contribution in [0.2, 0.25) is 0 Å². The van der Waals surface area contributed by atoms with E-state index < -0.39 is 0 Å². The fourth-order valence-electron chi connectivity index (χ4n) is 4.88. The van der Waals surface area contributed by atoms with E-state index in [4.69, 9.17) is 4.74 Å². The second kappa shape index (κ2) is 18.4. The number of hydrogen-bond donors (Lipinski definition) is 1. The Morgan fingerprint density at radius 1 is 0.733 bits per heavy atom. The highest BCUT2D eigenvalue weighted by molar-refractivity contribution is 7.99. The van der Waals surface area contributed by atoms with Gasteiger partial charge in [0.15, 0.2) is 0 Å². The van der Waals surface area contributed by atoms with E-state index >= 15 is 0 Å². The molecule has 0 spiro atoms. The van der Waals surface area contributed by atoms with Gasteiger partial charge in [0.1, 0.15) is 0 Å². The molecule has 30 heavy (non-hydrogen) atoms. The minimum Gasteiger partial charge on any atom is -0.378 e. The summed E-state index contributed by atoms with van der Waals surface area (Å²) < 4.78 is 6.18. The summed E-state index contributed by atoms with van der Waals surface area (Å²) >= 11 is 1.91. The zero-order valence-electron chi connectivity index (χ0n) is 19.6. The topological polar surface area (TPSA) is 38.3 Å². The van der Waals surface area contributed by atoms with Crippen LogP contribution in [0.15, 0.2) is 0 Å². The molecule has 0 bridgehead atoms. The van der Waals surface area contributed by atoms with Gasteiger partial charge in [-0.05, 0) is 43.8 Å². The molecule has 1 N–H and O–H groups in total. The van der Waals surface area contributed by atoms with Gasteiger partial charge in [-0.1, -0.05) is 83.5 Å². The molecule has 176 valence electrons. The minimum atomic E-state index is 0.250. The smallest absolute Gasteiger partial charge is 0.220 e. The van der Waals surface area contributed by atoms with Crippen LogP contribution in [0.3, 0.4) is 0 Å². The van der Waals surface area contributed by atoms with E-state index in [-0.39, 0.29) is 5.91 Å². The Hall–Kier alpha value is -0.220. The summed E-state index contributed by atoms with van der Waals surface area (Å²) in [4.78, 5) is 12.2. The fraction of sp³-hybridized carbons (Fsp3) is 0.962. The fourth-order valence-corrected chi connectivity index (χ4v) is 5.74. The monoisotopic (exact) mass is 439 g/mol. The third-order valence-electron chi connectivity index (χ3n) is 6.87. The average Bonchev–Trinajstić information content (AvgIpc) is 2.89. The zero-order chi connectivity index (χ0) is 21.1. The molecule has 2 rings (SSSR count). The quantitative estimate of drug-likeness (QED) is 0.364. The third-order valence-corrected chi connectivity index (χ3v) is 7.95. The van der Waals surface area contributed by atoms with Gasteiger partial charge in [0.05, 0.1) is 6.10 Å². The Kier molecular flexibility index (Phi) is 15.9. The van der Waals surface area contributed by atoms with Crippen LogP contribution in [0.25, 0.3) is 0 Å². The van der Waals surface area contributed by atoms with Crippen LogP contribution in [0.1, 0.15) is 122 Å². The van der Waals surface area contributed by atoms with E-state index in [1.165, 1.54) is 109 Å². The van der Waals surface area contributed by atoms with E-state index in [0.717, 1.165) is 31.1 Å². The van der Waals surface area contributed by atoms with Crippen molar-refractivity contribution in [3.8, 4) is 0 Å². The maximum Gasteiger partial charge on any atom is 0.220 e. The molecule has 0 atom stereocenters. The number of ether oxygens (including phenoxy) is 1. The van der Waals surface area contributed by atoms with Gasteiger partial charge in [-0.2, -0.15) is 11.8 Å². The second-order valence-electron chi connectivity index (χ2n) is 9.63. The summed E-state index contributed by atoms with van der Waals surface area (Å²) in [5.41, 5.74) is 0. The lowest BCUT2D eigenvalue weighted by atomic mass is 9.97. The molecule has 2 saturated carbocycles. The molecule has 4 heteroatoms. The molecule has 0 aliphatic heterocycles. The third kappa shape index (κ3) is 14.0. The molecule has 0 heterocycles. The lowest BCUT2D eigenvalue weighted by molar-refractivity contribution is -0.120. The Morgan fingerprint density at radius 2 is 1.27 bits per heavy atom. The van der Waals surface area contributed by atoms with Gasteiger partial charge < -0.3 is 10.1 Å². The first-order valence-electron chi connectivity index (χ1n) is 13.3. The van der Waals surface area contributed by atoms with Crippen molar-refractivity contribution in [1.82, 2.24) is 5.32 Å². The molecule has 1 amide bonds. The summed E-state index contributed by atoms with van der Waals surface area (Å²) in [5, 5.41) is 3.21. The van der Waals surface area contributed by atoms with Crippen LogP contribution >= 0.6 is 11.8 Å². The van der Waals surface area contributed by atoms with Crippen molar-refractivity contribution in [2.24, 2.45) is 5.92 Å². The first-order chi connectivity index (χ1) is 14.8. The Labute approximate surface area is 191 Å². The summed E-state index contributed by atoms with van der Waals surface area (Å²) in [7, 11) is 0. The molecule has 0 radical (unpaired) electrons. The number of carbonyl (C=O) groups is 1. The molecule has 0 aromatic rings. The molecule has 2 aliphatic carbocycles. The van der Waals surface area contributed by atoms with Crippen molar-refractivity contribution in [3.05, 3.63) is 0 Å². The predicted molar refractivity (Wildman–Crippen MR) is 131 cm³/mol. The van der Waals surface area contributed by atoms with E-state index in [9.17, 15) is 4.79 Å². The van der Waals surface area contributed by atoms with Crippen LogP contribution < -0.4 is 5.32 Å². The Bertz CT molecular complexity index is 398. The number of carbonyl (C=O) groups excluding carboxylic acids is 1. The molecule has 2 fully saturated rings. The number of rotatable bonds is 10. The van der Waals surface area contributed by atoms with Crippen LogP contribution in [0.4, 0.5) is 0 Å². The minimum absolute atomic E-state index is 0.250. The maximum absolute atomic E-state index is 12.2. The van der Waals surface area contributed by atoms with Crippen molar-refractivity contribution in [2.75, 3.05) is 24.7 Å². The van der Waals surface area contributed by atoms with Gasteiger partial charge in [0, 0.05) is 25.3 Å². The number of amides is 1. The zero-order valence-corrected chi connectivity index (χ0v) is 20.5. The van der Waals surface area contributed by atoms with E-state index in [2.05, 4.69) is 5.32 Å². The average molecular weight is 440 g/mol. The van der Waals surface area contributed by atoms with Crippen molar-refractivity contribution in [1.29, 1.82) is 0 Å². The second-order valence-corrected chi connectivity index (χ2v) is 10.9. The SMILES string of the molecule is O=C(CCSCCCOC1CCCCCCCCC1)NCC1CCCCCCCC1. The van der Waals surface area contributed by atoms with Gasteiger partial charge in [-0.3, -0.25) is 4.79 Å². The maximum atomic E-state index is 12.2. The van der Waals surface area contributed by atoms with Crippen LogP contribution in [0, 0.1) is 5.92 Å². The summed E-state index contributed by atoms with van der Waals surface area (Å²) in [6.45, 7) is 1.80. The van der Waals surface area contributed by atoms with Gasteiger partial charge in [-0.25, -0.2) is 0 Å². The standard InChI is InChI=1S/C26H49NO2S/c28-26(27-23-24-15-10-6-4-5-7-11-16-24)19-22-30-21-14-20-29-25-17-12-8-2-1-3-9-13-18-25/h24-25H,1-23H2,(H,27,28). The van der Waals surface area contributed by atoms with Crippen molar-refractivity contribution < 1.29 is 9.53 Å². The van der Waals surface area contributed by atoms with E-state index in [0.29, 0.717) is 18.4 Å². The first-order valence-corrected chi connectivity index (χ1v) is 14.5. The van der Waals surface area contributed by atoms with E-state index in [1.807, 2.05) is 11.8 Å². The molecule has 2 aliphatic rings. The highest BCUT2D eigenvalue weighted by atomic mass is 32.2. The Morgan fingerprint density at radius 3 is 1.87 bits per heavy atom. The number of nitrogens with one attached hydrogen (secondary N) is 1. The predicted octanol–water partition coefficient (Wildman–Crippen LogP) is 7.28. The Balaban J connectivity index is 1.43. The van der Waals surface area contributed by atoms with Crippen LogP contribution in [-0.4, -0.2) is 36.7 Å². The van der Waals surface area contributed by atoms with Crippen LogP contribution in [-0.2, 0) is 9.53 Å². The van der Waals surface area contributed by atoms with Gasteiger partial charge in [-0.15, -0.1) is 0 Å². The van der Waals surface area contributed by atoms with Crippen LogP contribution in [0.5, 0.6) is 0 Å².